The molecule has 2 radical (unpaired) electrons. The quantitative estimate of drug-likeness (QED) is 0.169. The summed E-state index contributed by atoms with van der Waals surface area (Å²) in [5, 5.41) is 26.6. The number of carboxylic acid groups (broad SMARTS) is 2. The first-order chi connectivity index (χ1) is 15.7. The maximum atomic E-state index is 12.3. The fourth-order valence-electron chi connectivity index (χ4n) is 3.42. The zero-order chi connectivity index (χ0) is 24.1. The summed E-state index contributed by atoms with van der Waals surface area (Å²) in [6.45, 7) is 1.01. The van der Waals surface area contributed by atoms with Crippen LogP contribution in [0.4, 0.5) is 23.1 Å². The minimum absolute atomic E-state index is 0. The van der Waals surface area contributed by atoms with Gasteiger partial charge in [-0.05, 0) is 30.7 Å². The third-order valence-electron chi connectivity index (χ3n) is 5.26. The van der Waals surface area contributed by atoms with Gasteiger partial charge in [0, 0.05) is 75.5 Å². The molecule has 2 aromatic rings. The summed E-state index contributed by atoms with van der Waals surface area (Å²) in [6.07, 6.45) is -0.586. The number of H-pyrrole nitrogens is 1. The average molecular weight is 505 g/mol. The number of carboxylic acids is 2. The van der Waals surface area contributed by atoms with Gasteiger partial charge in [-0.1, -0.05) is 0 Å². The molecular formula is C20H25CaN7O6. The van der Waals surface area contributed by atoms with Gasteiger partial charge in [0.15, 0.2) is 5.82 Å². The van der Waals surface area contributed by atoms with E-state index in [4.69, 9.17) is 10.8 Å². The van der Waals surface area contributed by atoms with Crippen LogP contribution < -0.4 is 32.1 Å². The molecule has 3 rings (SSSR count). The number of likely N-dealkylation sites (N-methyl/N-ethyl adjacent to an activating group) is 1. The molecule has 1 aromatic carbocycles. The Kier molecular flexibility index (Phi) is 9.53. The molecule has 0 spiro atoms. The molecule has 34 heavy (non-hydrogen) atoms. The van der Waals surface area contributed by atoms with Crippen LogP contribution in [0.15, 0.2) is 29.1 Å². The molecule has 178 valence electrons. The van der Waals surface area contributed by atoms with E-state index in [0.29, 0.717) is 24.6 Å². The summed E-state index contributed by atoms with van der Waals surface area (Å²) in [7, 11) is 1.79. The summed E-state index contributed by atoms with van der Waals surface area (Å²) in [4.78, 5) is 54.9. The number of aromatic amines is 1. The van der Waals surface area contributed by atoms with E-state index < -0.39 is 23.9 Å². The predicted molar refractivity (Wildman–Crippen MR) is 126 cm³/mol. The van der Waals surface area contributed by atoms with Crippen LogP contribution in [0, 0.1) is 0 Å². The van der Waals surface area contributed by atoms with Crippen molar-refractivity contribution in [3.63, 3.8) is 0 Å². The Hall–Kier alpha value is -3.03. The van der Waals surface area contributed by atoms with Gasteiger partial charge in [-0.15, -0.1) is 0 Å². The van der Waals surface area contributed by atoms with E-state index in [1.165, 1.54) is 12.1 Å². The van der Waals surface area contributed by atoms with Gasteiger partial charge in [-0.25, -0.2) is 4.79 Å². The Morgan fingerprint density at radius 3 is 2.56 bits per heavy atom. The van der Waals surface area contributed by atoms with Crippen molar-refractivity contribution in [2.75, 3.05) is 41.4 Å². The number of carbonyl (C=O) groups is 3. The first-order valence-electron chi connectivity index (χ1n) is 10.1. The Bertz CT molecular complexity index is 1110. The number of hydrogen-bond donors (Lipinski definition) is 7. The van der Waals surface area contributed by atoms with Gasteiger partial charge in [0.25, 0.3) is 11.5 Å². The van der Waals surface area contributed by atoms with E-state index in [0.717, 1.165) is 5.69 Å². The topological polar surface area (TPSA) is 203 Å². The number of fused-ring (bicyclic) bond motifs is 1. The molecule has 1 aliphatic heterocycles. The zero-order valence-corrected chi connectivity index (χ0v) is 20.7. The smallest absolute Gasteiger partial charge is 0.326 e. The summed E-state index contributed by atoms with van der Waals surface area (Å²) in [6, 6.07) is 5.03. The number of anilines is 4. The normalized spacial score (nSPS) is 15.2. The first-order valence-corrected chi connectivity index (χ1v) is 10.1. The van der Waals surface area contributed by atoms with E-state index >= 15 is 0 Å². The molecule has 2 atom stereocenters. The zero-order valence-electron chi connectivity index (χ0n) is 18.5. The van der Waals surface area contributed by atoms with Crippen LogP contribution in [0.5, 0.6) is 0 Å². The van der Waals surface area contributed by atoms with Gasteiger partial charge >= 0.3 is 11.9 Å². The Labute approximate surface area is 224 Å². The van der Waals surface area contributed by atoms with Crippen molar-refractivity contribution >= 4 is 78.7 Å². The Balaban J connectivity index is 0.00000408. The number of aromatic nitrogens is 2. The van der Waals surface area contributed by atoms with Crippen LogP contribution in [0.2, 0.25) is 0 Å². The molecule has 13 nitrogen and oxygen atoms in total. The summed E-state index contributed by atoms with van der Waals surface area (Å²) in [5.41, 5.74) is 6.59. The number of nitrogens with one attached hydrogen (secondary N) is 4. The summed E-state index contributed by atoms with van der Waals surface area (Å²) >= 11 is 0. The standard InChI is InChI=1S/C20H25N7O6.Ca/c1-27-12(9-23-16-15(27)18(31)26-20(21)25-16)8-22-11-4-2-10(3-5-11)17(30)24-13(19(32)33)6-7-14(28)29;/h2-5,12-13,22H,6-9H2,1H3,(H,24,30)(H,28,29)(H,32,33)(H4,21,23,25,26,31);/t12?,13-;/m0./s1/i6+1,7+1,13+1,14+1,19+1;. The van der Waals surface area contributed by atoms with E-state index in [9.17, 15) is 24.3 Å². The summed E-state index contributed by atoms with van der Waals surface area (Å²) in [5.74, 6) is -2.59. The number of nitrogen functional groups attached to an aromatic ring is 1. The van der Waals surface area contributed by atoms with Gasteiger partial charge in [0.1, 0.15) is 11.7 Å². The average Bonchev–Trinajstić information content (AvgIpc) is 2.75. The number of nitrogens with zero attached hydrogens (tertiary/aromatic N) is 2. The van der Waals surface area contributed by atoms with Gasteiger partial charge in [-0.2, -0.15) is 4.98 Å². The summed E-state index contributed by atoms with van der Waals surface area (Å²) < 4.78 is 0. The van der Waals surface area contributed by atoms with E-state index in [1.54, 1.807) is 19.2 Å². The van der Waals surface area contributed by atoms with Crippen LogP contribution in [0.25, 0.3) is 0 Å². The van der Waals surface area contributed by atoms with Gasteiger partial charge in [0.2, 0.25) is 5.95 Å². The fourth-order valence-corrected chi connectivity index (χ4v) is 3.42. The van der Waals surface area contributed by atoms with E-state index in [-0.39, 0.29) is 73.7 Å². The Morgan fingerprint density at radius 2 is 1.94 bits per heavy atom. The molecule has 1 aromatic heterocycles. The minimum atomic E-state index is -1.30. The van der Waals surface area contributed by atoms with Crippen molar-refractivity contribution in [3.05, 3.63) is 40.2 Å². The van der Waals surface area contributed by atoms with E-state index in [1.807, 2.05) is 4.90 Å². The monoisotopic (exact) mass is 504 g/mol. The minimum Gasteiger partial charge on any atom is -0.481 e. The number of carbonyl (C=O) groups excluding carboxylic acids is 1. The molecule has 0 saturated carbocycles. The molecule has 0 fully saturated rings. The van der Waals surface area contributed by atoms with Gasteiger partial charge < -0.3 is 36.8 Å². The molecule has 0 aliphatic carbocycles. The predicted octanol–water partition coefficient (Wildman–Crippen LogP) is -0.638. The number of amides is 1. The van der Waals surface area contributed by atoms with Crippen molar-refractivity contribution in [1.29, 1.82) is 0 Å². The third kappa shape index (κ3) is 6.74. The van der Waals surface area contributed by atoms with Gasteiger partial charge in [-0.3, -0.25) is 19.4 Å². The second kappa shape index (κ2) is 11.9. The van der Waals surface area contributed by atoms with Crippen LogP contribution in [0.3, 0.4) is 0 Å². The largest absolute Gasteiger partial charge is 0.481 e. The van der Waals surface area contributed by atoms with Gasteiger partial charge in [0.05, 0.1) is 6.04 Å². The molecule has 2 heterocycles. The Morgan fingerprint density at radius 1 is 1.26 bits per heavy atom. The van der Waals surface area contributed by atoms with Crippen molar-refractivity contribution < 1.29 is 24.6 Å². The first kappa shape index (κ1) is 27.2. The second-order valence-electron chi connectivity index (χ2n) is 7.55. The SMILES string of the molecule is CN1c2c(nc(N)[nH]c2=O)NCC1CNc1ccc(C(=O)N[13C@@H]([13CH2][13CH2][13C](=O)O)[13C](=O)O)cc1.[Ca]. The number of hydrogen-bond acceptors (Lipinski definition) is 9. The molecular weight excluding hydrogens is 479 g/mol. The maximum absolute atomic E-state index is 12.3. The van der Waals surface area contributed by atoms with Crippen LogP contribution in [-0.2, 0) is 9.59 Å². The molecule has 1 unspecified atom stereocenters. The van der Waals surface area contributed by atoms with Crippen molar-refractivity contribution in [1.82, 2.24) is 15.3 Å². The van der Waals surface area contributed by atoms with E-state index in [2.05, 4.69) is 25.9 Å². The second-order valence-corrected chi connectivity index (χ2v) is 7.55. The molecule has 14 heteroatoms. The fraction of sp³-hybridized carbons (Fsp3) is 0.350. The molecule has 0 saturated heterocycles. The van der Waals surface area contributed by atoms with Crippen molar-refractivity contribution in [2.24, 2.45) is 0 Å². The maximum Gasteiger partial charge on any atom is 0.326 e. The third-order valence-corrected chi connectivity index (χ3v) is 5.26. The molecule has 0 bridgehead atoms. The molecule has 1 aliphatic rings. The number of aliphatic carboxylic acids is 2. The van der Waals surface area contributed by atoms with Crippen molar-refractivity contribution in [2.45, 2.75) is 24.9 Å². The molecule has 1 amide bonds. The van der Waals surface area contributed by atoms with Crippen LogP contribution in [0.1, 0.15) is 23.2 Å². The molecule has 8 N–H and O–H groups in total. The number of benzene rings is 1. The van der Waals surface area contributed by atoms with Crippen molar-refractivity contribution in [3.8, 4) is 0 Å². The van der Waals surface area contributed by atoms with Crippen LogP contribution >= 0.6 is 0 Å². The number of rotatable bonds is 9. The number of nitrogens with two attached hydrogens (primary N) is 1. The van der Waals surface area contributed by atoms with Crippen LogP contribution in [-0.4, -0.2) is 108 Å².